The van der Waals surface area contributed by atoms with Crippen LogP contribution < -0.4 is 11.0 Å². The molecule has 29 heavy (non-hydrogen) atoms. The van der Waals surface area contributed by atoms with Crippen molar-refractivity contribution in [1.82, 2.24) is 15.2 Å². The summed E-state index contributed by atoms with van der Waals surface area (Å²) in [4.78, 5) is 25.3. The van der Waals surface area contributed by atoms with E-state index in [1.54, 1.807) is 24.3 Å². The summed E-state index contributed by atoms with van der Waals surface area (Å²) in [5.41, 5.74) is 2.24. The molecule has 0 fully saturated rings. The van der Waals surface area contributed by atoms with Gasteiger partial charge in [0.1, 0.15) is 5.82 Å². The minimum atomic E-state index is -0.603. The van der Waals surface area contributed by atoms with Crippen LogP contribution in [0, 0.1) is 5.82 Å². The number of carbonyl (C=O) groups is 1. The van der Waals surface area contributed by atoms with Crippen molar-refractivity contribution in [3.8, 4) is 0 Å². The number of amides is 1. The van der Waals surface area contributed by atoms with E-state index in [1.807, 2.05) is 0 Å². The van der Waals surface area contributed by atoms with Crippen LogP contribution in [0.3, 0.4) is 0 Å². The molecule has 6 nitrogen and oxygen atoms in total. The van der Waals surface area contributed by atoms with Crippen LogP contribution >= 0.6 is 11.6 Å². The second kappa shape index (κ2) is 9.43. The molecule has 3 rings (SSSR count). The van der Waals surface area contributed by atoms with Crippen LogP contribution in [0.4, 0.5) is 4.39 Å². The van der Waals surface area contributed by atoms with E-state index >= 15 is 0 Å². The quantitative estimate of drug-likeness (QED) is 0.358. The highest BCUT2D eigenvalue weighted by Gasteiger charge is 2.16. The minimum absolute atomic E-state index is 0.0665. The third-order valence-corrected chi connectivity index (χ3v) is 4.75. The normalized spacial score (nSPS) is 11.3. The molecule has 150 valence electrons. The monoisotopic (exact) mass is 414 g/mol. The summed E-state index contributed by atoms with van der Waals surface area (Å²) >= 11 is 5.94. The summed E-state index contributed by atoms with van der Waals surface area (Å²) in [7, 11) is 0. The molecule has 0 radical (unpaired) electrons. The van der Waals surface area contributed by atoms with Gasteiger partial charge >= 0.3 is 0 Å². The molecule has 1 N–H and O–H groups in total. The van der Waals surface area contributed by atoms with Crippen molar-refractivity contribution in [3.63, 3.8) is 0 Å². The number of aromatic nitrogens is 2. The van der Waals surface area contributed by atoms with E-state index in [1.165, 1.54) is 22.9 Å². The number of rotatable bonds is 7. The van der Waals surface area contributed by atoms with Crippen LogP contribution in [0.1, 0.15) is 42.2 Å². The fourth-order valence-corrected chi connectivity index (χ4v) is 3.12. The number of nitrogens with one attached hydrogen (secondary N) is 1. The minimum Gasteiger partial charge on any atom is -0.267 e. The maximum atomic E-state index is 13.8. The van der Waals surface area contributed by atoms with E-state index in [2.05, 4.69) is 22.5 Å². The molecule has 0 atom stereocenters. The van der Waals surface area contributed by atoms with Gasteiger partial charge in [-0.15, -0.1) is 0 Å². The molecule has 0 aliphatic heterocycles. The topological polar surface area (TPSA) is 76.3 Å². The average Bonchev–Trinajstić information content (AvgIpc) is 2.72. The SMILES string of the molecule is CCCCCn1nc(C(=O)N/N=C\c2c(F)cccc2Cl)c2ccccc2c1=O. The lowest BCUT2D eigenvalue weighted by molar-refractivity contribution is 0.0949. The first kappa shape index (κ1) is 20.7. The zero-order valence-electron chi connectivity index (χ0n) is 15.9. The first-order chi connectivity index (χ1) is 14.0. The van der Waals surface area contributed by atoms with E-state index in [0.29, 0.717) is 17.3 Å². The predicted octanol–water partition coefficient (Wildman–Crippen LogP) is 4.14. The van der Waals surface area contributed by atoms with E-state index in [-0.39, 0.29) is 21.8 Å². The van der Waals surface area contributed by atoms with E-state index in [4.69, 9.17) is 11.6 Å². The molecule has 0 unspecified atom stereocenters. The molecule has 8 heteroatoms. The molecule has 0 spiro atoms. The van der Waals surface area contributed by atoms with Crippen LogP contribution in [0.2, 0.25) is 5.02 Å². The van der Waals surface area contributed by atoms with Crippen molar-refractivity contribution >= 4 is 34.5 Å². The van der Waals surface area contributed by atoms with Crippen molar-refractivity contribution in [2.75, 3.05) is 0 Å². The maximum absolute atomic E-state index is 13.8. The average molecular weight is 415 g/mol. The van der Waals surface area contributed by atoms with Crippen molar-refractivity contribution in [2.24, 2.45) is 5.10 Å². The number of halogens is 2. The number of unbranched alkanes of at least 4 members (excludes halogenated alkanes) is 2. The van der Waals surface area contributed by atoms with Gasteiger partial charge in [0.2, 0.25) is 0 Å². The number of aryl methyl sites for hydroxylation is 1. The van der Waals surface area contributed by atoms with Gasteiger partial charge in [0.05, 0.1) is 16.6 Å². The standard InChI is InChI=1S/C21H20ClFN4O2/c1-2-3-6-12-27-21(29)15-9-5-4-8-14(15)19(26-27)20(28)25-24-13-16-17(22)10-7-11-18(16)23/h4-5,7-11,13H,2-3,6,12H2,1H3,(H,25,28)/b24-13-. The van der Waals surface area contributed by atoms with Crippen molar-refractivity contribution < 1.29 is 9.18 Å². The highest BCUT2D eigenvalue weighted by molar-refractivity contribution is 6.33. The highest BCUT2D eigenvalue weighted by Crippen LogP contribution is 2.17. The molecular weight excluding hydrogens is 395 g/mol. The van der Waals surface area contributed by atoms with Gasteiger partial charge in [0.15, 0.2) is 5.69 Å². The van der Waals surface area contributed by atoms with E-state index in [9.17, 15) is 14.0 Å². The lowest BCUT2D eigenvalue weighted by atomic mass is 10.1. The molecule has 0 aliphatic rings. The summed E-state index contributed by atoms with van der Waals surface area (Å²) in [5.74, 6) is -1.15. The van der Waals surface area contributed by atoms with Gasteiger partial charge in [-0.1, -0.05) is 55.6 Å². The smallest absolute Gasteiger partial charge is 0.267 e. The van der Waals surface area contributed by atoms with Crippen LogP contribution in [0.15, 0.2) is 52.4 Å². The van der Waals surface area contributed by atoms with Gasteiger partial charge in [-0.25, -0.2) is 14.5 Å². The first-order valence-corrected chi connectivity index (χ1v) is 9.68. The predicted molar refractivity (Wildman–Crippen MR) is 112 cm³/mol. The van der Waals surface area contributed by atoms with Crippen LogP contribution in [0.25, 0.3) is 10.8 Å². The summed E-state index contributed by atoms with van der Waals surface area (Å²) in [5, 5.41) is 9.06. The molecule has 0 saturated carbocycles. The van der Waals surface area contributed by atoms with Gasteiger partial charge in [0, 0.05) is 17.5 Å². The lowest BCUT2D eigenvalue weighted by Gasteiger charge is -2.10. The number of benzene rings is 2. The third-order valence-electron chi connectivity index (χ3n) is 4.42. The Labute approximate surface area is 172 Å². The Bertz CT molecular complexity index is 1110. The highest BCUT2D eigenvalue weighted by atomic mass is 35.5. The van der Waals surface area contributed by atoms with Gasteiger partial charge in [0.25, 0.3) is 11.5 Å². The summed E-state index contributed by atoms with van der Waals surface area (Å²) in [6.07, 6.45) is 3.88. The molecule has 1 heterocycles. The second-order valence-electron chi connectivity index (χ2n) is 6.46. The van der Waals surface area contributed by atoms with E-state index in [0.717, 1.165) is 25.5 Å². The fraction of sp³-hybridized carbons (Fsp3) is 0.238. The van der Waals surface area contributed by atoms with Crippen LogP contribution in [0.5, 0.6) is 0 Å². The van der Waals surface area contributed by atoms with Crippen LogP contribution in [-0.2, 0) is 6.54 Å². The van der Waals surface area contributed by atoms with Crippen molar-refractivity contribution in [2.45, 2.75) is 32.7 Å². The Kier molecular flexibility index (Phi) is 6.72. The Balaban J connectivity index is 1.91. The Morgan fingerprint density at radius 3 is 2.69 bits per heavy atom. The summed E-state index contributed by atoms with van der Waals surface area (Å²) in [6.45, 7) is 2.49. The number of nitrogens with zero attached hydrogens (tertiary/aromatic N) is 3. The number of fused-ring (bicyclic) bond motifs is 1. The van der Waals surface area contributed by atoms with Gasteiger partial charge in [-0.2, -0.15) is 10.2 Å². The molecule has 3 aromatic rings. The van der Waals surface area contributed by atoms with Crippen LogP contribution in [-0.4, -0.2) is 21.9 Å². The zero-order chi connectivity index (χ0) is 20.8. The zero-order valence-corrected chi connectivity index (χ0v) is 16.6. The molecule has 1 amide bonds. The molecule has 1 aromatic heterocycles. The molecule has 0 aliphatic carbocycles. The number of hydrogen-bond donors (Lipinski definition) is 1. The molecule has 0 saturated heterocycles. The van der Waals surface area contributed by atoms with Crippen molar-refractivity contribution in [3.05, 3.63) is 74.9 Å². The Morgan fingerprint density at radius 1 is 1.21 bits per heavy atom. The molecule has 2 aromatic carbocycles. The summed E-state index contributed by atoms with van der Waals surface area (Å²) < 4.78 is 15.1. The summed E-state index contributed by atoms with van der Waals surface area (Å²) in [6, 6.07) is 11.0. The van der Waals surface area contributed by atoms with Gasteiger partial charge in [-0.05, 0) is 24.6 Å². The van der Waals surface area contributed by atoms with Gasteiger partial charge in [-0.3, -0.25) is 9.59 Å². The third kappa shape index (κ3) is 4.68. The van der Waals surface area contributed by atoms with Crippen molar-refractivity contribution in [1.29, 1.82) is 0 Å². The van der Waals surface area contributed by atoms with Gasteiger partial charge < -0.3 is 0 Å². The largest absolute Gasteiger partial charge is 0.292 e. The number of carbonyl (C=O) groups excluding carboxylic acids is 1. The number of hydrogen-bond acceptors (Lipinski definition) is 4. The molecule has 0 bridgehead atoms. The Morgan fingerprint density at radius 2 is 1.97 bits per heavy atom. The first-order valence-electron chi connectivity index (χ1n) is 9.30. The number of hydrazone groups is 1. The second-order valence-corrected chi connectivity index (χ2v) is 6.87. The van der Waals surface area contributed by atoms with E-state index < -0.39 is 11.7 Å². The Hall–Kier alpha value is -3.06. The molecular formula is C21H20ClFN4O2. The fourth-order valence-electron chi connectivity index (χ4n) is 2.91. The lowest BCUT2D eigenvalue weighted by Crippen LogP contribution is -2.29. The maximum Gasteiger partial charge on any atom is 0.292 e.